The Bertz CT molecular complexity index is 2480. The van der Waals surface area contributed by atoms with Crippen LogP contribution >= 0.6 is 0 Å². The Kier molecular flexibility index (Phi) is 8.43. The Morgan fingerprint density at radius 3 is 1.85 bits per heavy atom. The highest BCUT2D eigenvalue weighted by Gasteiger charge is 2.38. The van der Waals surface area contributed by atoms with Gasteiger partial charge in [-0.3, -0.25) is 0 Å². The molecular weight excluding hydrogens is 651 g/mol. The summed E-state index contributed by atoms with van der Waals surface area (Å²) in [6.07, 6.45) is 13.3. The highest BCUT2D eigenvalue weighted by atomic mass is 15.1. The normalized spacial score (nSPS) is 17.1. The second-order valence-electron chi connectivity index (χ2n) is 16.9. The molecule has 3 aliphatic carbocycles. The predicted molar refractivity (Wildman–Crippen MR) is 231 cm³/mol. The zero-order valence-corrected chi connectivity index (χ0v) is 32.0. The van der Waals surface area contributed by atoms with E-state index in [2.05, 4.69) is 158 Å². The summed E-state index contributed by atoms with van der Waals surface area (Å²) >= 11 is 0. The molecule has 1 heteroatoms. The van der Waals surface area contributed by atoms with Crippen molar-refractivity contribution in [3.05, 3.63) is 162 Å². The fourth-order valence-corrected chi connectivity index (χ4v) is 10.6. The smallest absolute Gasteiger partial charge is 0.0546 e. The van der Waals surface area contributed by atoms with Crippen LogP contribution in [0.1, 0.15) is 112 Å². The Morgan fingerprint density at radius 1 is 0.463 bits per heavy atom. The van der Waals surface area contributed by atoms with Crippen LogP contribution in [0.5, 0.6) is 0 Å². The number of hydrogen-bond acceptors (Lipinski definition) is 1. The lowest BCUT2D eigenvalue weighted by Gasteiger charge is -2.31. The summed E-state index contributed by atoms with van der Waals surface area (Å²) < 4.78 is 0. The second kappa shape index (κ2) is 13.6. The minimum atomic E-state index is -0.0442. The average molecular weight is 702 g/mol. The molecule has 0 atom stereocenters. The molecule has 0 heterocycles. The number of hydrogen-bond donors (Lipinski definition) is 0. The molecule has 10 rings (SSSR count). The molecule has 2 fully saturated rings. The standard InChI is InChI=1S/C53H51N/c1-53(2)48-33-32-42(35-47(48)51-44(24-14-26-49(51)53)39-17-7-4-8-18-39)54(41-30-27-37(28-31-41)36-15-5-3-6-16-36)50-34-29-40-20-10-12-23-45(40)52(50)46-25-13-21-38-19-9-11-22-43(38)46/h9-14,19-36,39H,3-8,15-18H2,1-2H3. The van der Waals surface area contributed by atoms with E-state index < -0.39 is 0 Å². The van der Waals surface area contributed by atoms with Crippen LogP contribution in [0.2, 0.25) is 0 Å². The molecule has 0 unspecified atom stereocenters. The molecule has 7 aromatic rings. The number of rotatable bonds is 6. The van der Waals surface area contributed by atoms with Crippen LogP contribution < -0.4 is 4.90 Å². The van der Waals surface area contributed by atoms with E-state index >= 15 is 0 Å². The van der Waals surface area contributed by atoms with Gasteiger partial charge in [-0.2, -0.15) is 0 Å². The van der Waals surface area contributed by atoms with Gasteiger partial charge in [-0.1, -0.05) is 162 Å². The van der Waals surface area contributed by atoms with Crippen LogP contribution in [0.3, 0.4) is 0 Å². The van der Waals surface area contributed by atoms with Gasteiger partial charge in [0.15, 0.2) is 0 Å². The summed E-state index contributed by atoms with van der Waals surface area (Å²) in [7, 11) is 0. The van der Waals surface area contributed by atoms with Crippen molar-refractivity contribution in [2.45, 2.75) is 95.3 Å². The van der Waals surface area contributed by atoms with Crippen molar-refractivity contribution in [3.8, 4) is 22.3 Å². The van der Waals surface area contributed by atoms with Gasteiger partial charge in [-0.15, -0.1) is 0 Å². The third-order valence-electron chi connectivity index (χ3n) is 13.5. The van der Waals surface area contributed by atoms with Crippen LogP contribution in [-0.4, -0.2) is 0 Å². The third kappa shape index (κ3) is 5.58. The van der Waals surface area contributed by atoms with Crippen LogP contribution in [0.15, 0.2) is 140 Å². The maximum absolute atomic E-state index is 2.57. The van der Waals surface area contributed by atoms with Crippen LogP contribution in [0, 0.1) is 0 Å². The largest absolute Gasteiger partial charge is 0.310 e. The maximum atomic E-state index is 2.57. The number of anilines is 3. The number of nitrogens with zero attached hydrogens (tertiary/aromatic N) is 1. The topological polar surface area (TPSA) is 3.24 Å². The first-order valence-electron chi connectivity index (χ1n) is 20.7. The monoisotopic (exact) mass is 701 g/mol. The molecule has 0 aromatic heterocycles. The maximum Gasteiger partial charge on any atom is 0.0546 e. The van der Waals surface area contributed by atoms with Crippen LogP contribution in [-0.2, 0) is 5.41 Å². The lowest BCUT2D eigenvalue weighted by atomic mass is 9.78. The Balaban J connectivity index is 1.22. The SMILES string of the molecule is CC1(C)c2ccc(N(c3ccc(C4CCCCC4)cc3)c3ccc4ccccc4c3-c3cccc4ccccc34)cc2-c2c(C3CCCCC3)cccc21. The molecule has 0 radical (unpaired) electrons. The van der Waals surface area contributed by atoms with Crippen LogP contribution in [0.4, 0.5) is 17.1 Å². The van der Waals surface area contributed by atoms with Gasteiger partial charge in [0.25, 0.3) is 0 Å². The fourth-order valence-electron chi connectivity index (χ4n) is 10.6. The van der Waals surface area contributed by atoms with E-state index in [1.54, 1.807) is 5.56 Å². The third-order valence-corrected chi connectivity index (χ3v) is 13.5. The molecule has 2 saturated carbocycles. The second-order valence-corrected chi connectivity index (χ2v) is 16.9. The van der Waals surface area contributed by atoms with E-state index in [0.29, 0.717) is 11.8 Å². The Hall–Kier alpha value is -5.14. The predicted octanol–water partition coefficient (Wildman–Crippen LogP) is 15.5. The van der Waals surface area contributed by atoms with Gasteiger partial charge in [0, 0.05) is 22.4 Å². The molecule has 7 aromatic carbocycles. The summed E-state index contributed by atoms with van der Waals surface area (Å²) in [6, 6.07) is 53.6. The van der Waals surface area contributed by atoms with Crippen molar-refractivity contribution in [2.75, 3.05) is 4.90 Å². The van der Waals surface area contributed by atoms with Crippen molar-refractivity contribution in [1.29, 1.82) is 0 Å². The lowest BCUT2D eigenvalue weighted by molar-refractivity contribution is 0.443. The van der Waals surface area contributed by atoms with E-state index in [1.165, 1.54) is 142 Å². The van der Waals surface area contributed by atoms with Crippen molar-refractivity contribution < 1.29 is 0 Å². The van der Waals surface area contributed by atoms with E-state index in [4.69, 9.17) is 0 Å². The Labute approximate surface area is 321 Å². The minimum absolute atomic E-state index is 0.0442. The minimum Gasteiger partial charge on any atom is -0.310 e. The first-order valence-corrected chi connectivity index (χ1v) is 20.7. The van der Waals surface area contributed by atoms with Gasteiger partial charge >= 0.3 is 0 Å². The number of fused-ring (bicyclic) bond motifs is 5. The summed E-state index contributed by atoms with van der Waals surface area (Å²) in [5.74, 6) is 1.31. The zero-order valence-electron chi connectivity index (χ0n) is 32.0. The lowest BCUT2D eigenvalue weighted by Crippen LogP contribution is -2.16. The fraction of sp³-hybridized carbons (Fsp3) is 0.283. The Morgan fingerprint density at radius 2 is 1.09 bits per heavy atom. The van der Waals surface area contributed by atoms with Crippen molar-refractivity contribution in [1.82, 2.24) is 0 Å². The van der Waals surface area contributed by atoms with Gasteiger partial charge in [-0.25, -0.2) is 0 Å². The molecule has 0 aliphatic heterocycles. The summed E-state index contributed by atoms with van der Waals surface area (Å²) in [5.41, 5.74) is 15.1. The van der Waals surface area contributed by atoms with Gasteiger partial charge < -0.3 is 4.90 Å². The van der Waals surface area contributed by atoms with Gasteiger partial charge in [0.2, 0.25) is 0 Å². The van der Waals surface area contributed by atoms with Gasteiger partial charge in [0.05, 0.1) is 5.69 Å². The first-order chi connectivity index (χ1) is 26.6. The van der Waals surface area contributed by atoms with Crippen molar-refractivity contribution in [3.63, 3.8) is 0 Å². The van der Waals surface area contributed by atoms with Crippen molar-refractivity contribution in [2.24, 2.45) is 0 Å². The molecule has 0 spiro atoms. The molecule has 0 saturated heterocycles. The first kappa shape index (κ1) is 33.4. The van der Waals surface area contributed by atoms with E-state index in [0.717, 1.165) is 0 Å². The highest BCUT2D eigenvalue weighted by Crippen LogP contribution is 2.55. The average Bonchev–Trinajstić information content (AvgIpc) is 3.47. The van der Waals surface area contributed by atoms with Gasteiger partial charge in [-0.05, 0) is 128 Å². The van der Waals surface area contributed by atoms with E-state index in [9.17, 15) is 0 Å². The number of benzene rings is 7. The van der Waals surface area contributed by atoms with E-state index in [-0.39, 0.29) is 5.41 Å². The molecule has 0 bridgehead atoms. The molecule has 268 valence electrons. The quantitative estimate of drug-likeness (QED) is 0.167. The van der Waals surface area contributed by atoms with E-state index in [1.807, 2.05) is 0 Å². The molecule has 54 heavy (non-hydrogen) atoms. The molecule has 3 aliphatic rings. The summed E-state index contributed by atoms with van der Waals surface area (Å²) in [4.78, 5) is 2.57. The molecular formula is C53H51N. The molecule has 0 amide bonds. The zero-order chi connectivity index (χ0) is 36.2. The summed E-state index contributed by atoms with van der Waals surface area (Å²) in [6.45, 7) is 4.87. The summed E-state index contributed by atoms with van der Waals surface area (Å²) in [5, 5.41) is 5.09. The van der Waals surface area contributed by atoms with Gasteiger partial charge in [0.1, 0.15) is 0 Å². The van der Waals surface area contributed by atoms with Crippen molar-refractivity contribution >= 4 is 38.6 Å². The van der Waals surface area contributed by atoms with Crippen LogP contribution in [0.25, 0.3) is 43.8 Å². The highest BCUT2D eigenvalue weighted by molar-refractivity contribution is 6.11. The molecule has 1 nitrogen and oxygen atoms in total. The molecule has 0 N–H and O–H groups in total.